The van der Waals surface area contributed by atoms with Gasteiger partial charge < -0.3 is 19.7 Å². The Morgan fingerprint density at radius 1 is 0.897 bits per heavy atom. The standard InChI is InChI=1S/C25H34O4/c1-18-16-19(2)24(20-8-4-6-10-22(20)28-14-12-26)25(3,17-18)21-9-5-7-11-23(21)29-15-13-27/h4-11,18-19,24,26-27H,12-17H2,1-3H3. The predicted octanol–water partition coefficient (Wildman–Crippen LogP) is 4.54. The summed E-state index contributed by atoms with van der Waals surface area (Å²) >= 11 is 0. The highest BCUT2D eigenvalue weighted by atomic mass is 16.5. The summed E-state index contributed by atoms with van der Waals surface area (Å²) in [5, 5.41) is 18.5. The molecule has 4 unspecified atom stereocenters. The molecule has 0 saturated heterocycles. The zero-order chi connectivity index (χ0) is 20.9. The second kappa shape index (κ2) is 9.64. The van der Waals surface area contributed by atoms with Crippen molar-refractivity contribution in [2.24, 2.45) is 11.8 Å². The van der Waals surface area contributed by atoms with Crippen LogP contribution in [-0.2, 0) is 5.41 Å². The number of para-hydroxylation sites is 2. The fourth-order valence-corrected chi connectivity index (χ4v) is 5.50. The van der Waals surface area contributed by atoms with E-state index in [0.29, 0.717) is 25.0 Å². The van der Waals surface area contributed by atoms with Crippen LogP contribution in [0.3, 0.4) is 0 Å². The Kier molecular flexibility index (Phi) is 7.20. The van der Waals surface area contributed by atoms with Gasteiger partial charge in [-0.1, -0.05) is 57.2 Å². The molecule has 2 aromatic carbocycles. The Hall–Kier alpha value is -2.04. The van der Waals surface area contributed by atoms with Gasteiger partial charge >= 0.3 is 0 Å². The highest BCUT2D eigenvalue weighted by Crippen LogP contribution is 2.56. The first-order valence-corrected chi connectivity index (χ1v) is 10.7. The largest absolute Gasteiger partial charge is 0.491 e. The minimum atomic E-state index is -0.137. The van der Waals surface area contributed by atoms with Gasteiger partial charge in [0.25, 0.3) is 0 Å². The van der Waals surface area contributed by atoms with E-state index in [9.17, 15) is 10.2 Å². The maximum absolute atomic E-state index is 9.26. The lowest BCUT2D eigenvalue weighted by molar-refractivity contribution is 0.142. The van der Waals surface area contributed by atoms with E-state index in [-0.39, 0.29) is 24.5 Å². The predicted molar refractivity (Wildman–Crippen MR) is 116 cm³/mol. The fourth-order valence-electron chi connectivity index (χ4n) is 5.50. The van der Waals surface area contributed by atoms with Gasteiger partial charge in [0.15, 0.2) is 0 Å². The summed E-state index contributed by atoms with van der Waals surface area (Å²) in [5.41, 5.74) is 2.25. The zero-order valence-electron chi connectivity index (χ0n) is 17.8. The summed E-state index contributed by atoms with van der Waals surface area (Å²) in [6.45, 7) is 7.59. The van der Waals surface area contributed by atoms with Crippen LogP contribution in [0.15, 0.2) is 48.5 Å². The number of aliphatic hydroxyl groups is 2. The number of ether oxygens (including phenoxy) is 2. The quantitative estimate of drug-likeness (QED) is 0.686. The molecule has 29 heavy (non-hydrogen) atoms. The van der Waals surface area contributed by atoms with Crippen LogP contribution in [0.2, 0.25) is 0 Å². The molecule has 2 N–H and O–H groups in total. The number of hydrogen-bond donors (Lipinski definition) is 2. The first kappa shape index (κ1) is 21.7. The molecule has 1 fully saturated rings. The number of benzene rings is 2. The Labute approximate surface area is 174 Å². The van der Waals surface area contributed by atoms with Crippen LogP contribution < -0.4 is 9.47 Å². The molecule has 4 atom stereocenters. The van der Waals surface area contributed by atoms with Gasteiger partial charge in [-0.25, -0.2) is 0 Å². The van der Waals surface area contributed by atoms with Crippen LogP contribution in [0, 0.1) is 11.8 Å². The van der Waals surface area contributed by atoms with E-state index in [1.807, 2.05) is 24.3 Å². The molecule has 0 aliphatic heterocycles. The molecule has 3 rings (SSSR count). The van der Waals surface area contributed by atoms with Crippen molar-refractivity contribution >= 4 is 0 Å². The second-order valence-corrected chi connectivity index (χ2v) is 8.60. The monoisotopic (exact) mass is 398 g/mol. The maximum Gasteiger partial charge on any atom is 0.123 e. The minimum Gasteiger partial charge on any atom is -0.491 e. The molecule has 2 aromatic rings. The van der Waals surface area contributed by atoms with Crippen molar-refractivity contribution in [1.82, 2.24) is 0 Å². The van der Waals surface area contributed by atoms with Gasteiger partial charge in [-0.15, -0.1) is 0 Å². The highest BCUT2D eigenvalue weighted by molar-refractivity contribution is 5.47. The molecule has 0 spiro atoms. The fraction of sp³-hybridized carbons (Fsp3) is 0.520. The van der Waals surface area contributed by atoms with Crippen molar-refractivity contribution < 1.29 is 19.7 Å². The van der Waals surface area contributed by atoms with Gasteiger partial charge in [0, 0.05) is 11.0 Å². The molecule has 0 aromatic heterocycles. The van der Waals surface area contributed by atoms with Crippen molar-refractivity contribution in [3.05, 3.63) is 59.7 Å². The third-order valence-corrected chi connectivity index (χ3v) is 6.26. The number of hydrogen-bond acceptors (Lipinski definition) is 4. The topological polar surface area (TPSA) is 58.9 Å². The smallest absolute Gasteiger partial charge is 0.123 e. The summed E-state index contributed by atoms with van der Waals surface area (Å²) in [6, 6.07) is 16.5. The summed E-state index contributed by atoms with van der Waals surface area (Å²) in [6.07, 6.45) is 2.21. The molecule has 1 aliphatic rings. The van der Waals surface area contributed by atoms with E-state index in [2.05, 4.69) is 45.0 Å². The van der Waals surface area contributed by atoms with Crippen LogP contribution in [-0.4, -0.2) is 36.6 Å². The van der Waals surface area contributed by atoms with Gasteiger partial charge in [0.05, 0.1) is 13.2 Å². The lowest BCUT2D eigenvalue weighted by Gasteiger charge is -2.49. The lowest BCUT2D eigenvalue weighted by atomic mass is 9.55. The number of aliphatic hydroxyl groups excluding tert-OH is 2. The van der Waals surface area contributed by atoms with Crippen LogP contribution in [0.1, 0.15) is 50.7 Å². The third kappa shape index (κ3) is 4.59. The summed E-state index contributed by atoms with van der Waals surface area (Å²) in [5.74, 6) is 3.03. The Morgan fingerprint density at radius 2 is 1.48 bits per heavy atom. The average Bonchev–Trinajstić information content (AvgIpc) is 2.71. The average molecular weight is 399 g/mol. The van der Waals surface area contributed by atoms with Gasteiger partial charge in [0.1, 0.15) is 24.7 Å². The molecule has 0 heterocycles. The summed E-state index contributed by atoms with van der Waals surface area (Å²) in [7, 11) is 0. The minimum absolute atomic E-state index is 0.000684. The highest BCUT2D eigenvalue weighted by Gasteiger charge is 2.47. The van der Waals surface area contributed by atoms with E-state index < -0.39 is 0 Å². The van der Waals surface area contributed by atoms with Crippen LogP contribution in [0.5, 0.6) is 11.5 Å². The Balaban J connectivity index is 2.10. The first-order chi connectivity index (χ1) is 14.0. The van der Waals surface area contributed by atoms with Crippen LogP contribution in [0.25, 0.3) is 0 Å². The molecule has 4 heteroatoms. The van der Waals surface area contributed by atoms with E-state index in [1.54, 1.807) is 0 Å². The van der Waals surface area contributed by atoms with Gasteiger partial charge in [-0.05, 0) is 48.3 Å². The summed E-state index contributed by atoms with van der Waals surface area (Å²) in [4.78, 5) is 0. The first-order valence-electron chi connectivity index (χ1n) is 10.7. The molecule has 1 saturated carbocycles. The Morgan fingerprint density at radius 3 is 2.17 bits per heavy atom. The summed E-state index contributed by atoms with van der Waals surface area (Å²) < 4.78 is 11.9. The van der Waals surface area contributed by atoms with Crippen molar-refractivity contribution in [3.8, 4) is 11.5 Å². The molecule has 0 amide bonds. The van der Waals surface area contributed by atoms with E-state index >= 15 is 0 Å². The molecule has 0 bridgehead atoms. The lowest BCUT2D eigenvalue weighted by Crippen LogP contribution is -2.41. The van der Waals surface area contributed by atoms with Gasteiger partial charge in [-0.2, -0.15) is 0 Å². The van der Waals surface area contributed by atoms with Crippen molar-refractivity contribution in [3.63, 3.8) is 0 Å². The molecular weight excluding hydrogens is 364 g/mol. The van der Waals surface area contributed by atoms with Crippen LogP contribution in [0.4, 0.5) is 0 Å². The molecule has 0 radical (unpaired) electrons. The number of rotatable bonds is 8. The van der Waals surface area contributed by atoms with Crippen molar-refractivity contribution in [2.45, 2.75) is 44.9 Å². The SMILES string of the molecule is CC1CC(C)C(c2ccccc2OCCO)C(C)(c2ccccc2OCCO)C1. The van der Waals surface area contributed by atoms with E-state index in [4.69, 9.17) is 9.47 Å². The molecule has 4 nitrogen and oxygen atoms in total. The molecular formula is C25H34O4. The van der Waals surface area contributed by atoms with Gasteiger partial charge in [-0.3, -0.25) is 0 Å². The second-order valence-electron chi connectivity index (χ2n) is 8.60. The normalized spacial score (nSPS) is 26.9. The zero-order valence-corrected chi connectivity index (χ0v) is 17.8. The van der Waals surface area contributed by atoms with Crippen molar-refractivity contribution in [1.29, 1.82) is 0 Å². The maximum atomic E-state index is 9.26. The molecule has 1 aliphatic carbocycles. The van der Waals surface area contributed by atoms with E-state index in [0.717, 1.165) is 24.3 Å². The van der Waals surface area contributed by atoms with E-state index in [1.165, 1.54) is 11.1 Å². The van der Waals surface area contributed by atoms with Crippen molar-refractivity contribution in [2.75, 3.05) is 26.4 Å². The third-order valence-electron chi connectivity index (χ3n) is 6.26. The Bertz CT molecular complexity index is 790. The molecule has 158 valence electrons. The van der Waals surface area contributed by atoms with Gasteiger partial charge in [0.2, 0.25) is 0 Å². The van der Waals surface area contributed by atoms with Crippen LogP contribution >= 0.6 is 0 Å².